The van der Waals surface area contributed by atoms with Crippen molar-refractivity contribution in [1.82, 2.24) is 10.6 Å². The molecule has 4 heterocycles. The Morgan fingerprint density at radius 2 is 1.68 bits per heavy atom. The van der Waals surface area contributed by atoms with E-state index in [2.05, 4.69) is 24.5 Å². The summed E-state index contributed by atoms with van der Waals surface area (Å²) in [5, 5.41) is 7.09. The normalized spacial score (nSPS) is 44.1. The topological polar surface area (TPSA) is 87.0 Å². The molecule has 0 aromatic carbocycles. The summed E-state index contributed by atoms with van der Waals surface area (Å²) in [5.41, 5.74) is 5.09. The molecule has 0 unspecified atom stereocenters. The molecule has 0 aromatic heterocycles. The van der Waals surface area contributed by atoms with Gasteiger partial charge in [0, 0.05) is 12.3 Å². The summed E-state index contributed by atoms with van der Waals surface area (Å²) in [5.74, 6) is 1.24. The summed E-state index contributed by atoms with van der Waals surface area (Å²) in [6.07, 6.45) is 8.70. The van der Waals surface area contributed by atoms with Gasteiger partial charge in [0.05, 0.1) is 6.10 Å². The third kappa shape index (κ3) is 4.84. The van der Waals surface area contributed by atoms with E-state index in [0.29, 0.717) is 23.7 Å². The molecule has 7 heteroatoms. The van der Waals surface area contributed by atoms with E-state index < -0.39 is 11.4 Å². The van der Waals surface area contributed by atoms with E-state index >= 15 is 0 Å². The number of fused-ring (bicyclic) bond motifs is 2. The summed E-state index contributed by atoms with van der Waals surface area (Å²) >= 11 is 0. The lowest BCUT2D eigenvalue weighted by atomic mass is 9.57. The van der Waals surface area contributed by atoms with E-state index in [0.717, 1.165) is 64.8 Å². The maximum atomic E-state index is 6.65. The summed E-state index contributed by atoms with van der Waals surface area (Å²) < 4.78 is 13.1. The number of unbranched alkanes of at least 4 members (excludes halogenated alkanes) is 1. The second-order valence-electron chi connectivity index (χ2n) is 10.6. The maximum absolute atomic E-state index is 6.65. The van der Waals surface area contributed by atoms with E-state index in [-0.39, 0.29) is 12.4 Å². The first-order chi connectivity index (χ1) is 15.0. The van der Waals surface area contributed by atoms with Crippen molar-refractivity contribution in [2.45, 2.75) is 95.9 Å². The Bertz CT molecular complexity index is 581. The molecule has 5 fully saturated rings. The molecule has 4 aliphatic heterocycles. The van der Waals surface area contributed by atoms with Crippen LogP contribution in [0.15, 0.2) is 0 Å². The SMILES string of the molecule is C[C@H]1[C@@H](CCNCCCNCCCCN)O[C@@H]2O[C@@]3(C)CC[C@H]4[C@H](C)CC[C@@H]1[C@@]24OO3. The molecule has 4 saturated heterocycles. The van der Waals surface area contributed by atoms with Gasteiger partial charge >= 0.3 is 0 Å². The van der Waals surface area contributed by atoms with Gasteiger partial charge in [0.1, 0.15) is 0 Å². The second kappa shape index (κ2) is 10.3. The fourth-order valence-corrected chi connectivity index (χ4v) is 6.54. The van der Waals surface area contributed by atoms with Crippen LogP contribution >= 0.6 is 0 Å². The Morgan fingerprint density at radius 1 is 0.903 bits per heavy atom. The van der Waals surface area contributed by atoms with Gasteiger partial charge in [-0.1, -0.05) is 13.8 Å². The van der Waals surface area contributed by atoms with Crippen molar-refractivity contribution in [3.05, 3.63) is 0 Å². The van der Waals surface area contributed by atoms with Gasteiger partial charge in [-0.15, -0.1) is 0 Å². The molecule has 180 valence electrons. The second-order valence-corrected chi connectivity index (χ2v) is 10.6. The predicted octanol–water partition coefficient (Wildman–Crippen LogP) is 2.94. The molecular formula is C24H45N3O4. The highest BCUT2D eigenvalue weighted by atomic mass is 17.3. The highest BCUT2D eigenvalue weighted by Gasteiger charge is 2.69. The minimum absolute atomic E-state index is 0.197. The molecule has 5 rings (SSSR count). The largest absolute Gasteiger partial charge is 0.346 e. The first-order valence-electron chi connectivity index (χ1n) is 12.8. The molecule has 0 aromatic rings. The van der Waals surface area contributed by atoms with E-state index in [1.54, 1.807) is 0 Å². The van der Waals surface area contributed by atoms with Crippen LogP contribution < -0.4 is 16.4 Å². The summed E-state index contributed by atoms with van der Waals surface area (Å²) in [6.45, 7) is 11.6. The van der Waals surface area contributed by atoms with Gasteiger partial charge in [-0.3, -0.25) is 0 Å². The molecule has 5 aliphatic rings. The number of nitrogens with one attached hydrogen (secondary N) is 2. The van der Waals surface area contributed by atoms with Gasteiger partial charge in [-0.25, -0.2) is 9.78 Å². The first-order valence-corrected chi connectivity index (χ1v) is 12.8. The van der Waals surface area contributed by atoms with Gasteiger partial charge in [0.25, 0.3) is 0 Å². The Kier molecular flexibility index (Phi) is 7.95. The predicted molar refractivity (Wildman–Crippen MR) is 120 cm³/mol. The number of hydrogen-bond donors (Lipinski definition) is 3. The van der Waals surface area contributed by atoms with E-state index in [1.807, 2.05) is 6.92 Å². The van der Waals surface area contributed by atoms with Crippen molar-refractivity contribution in [2.75, 3.05) is 32.7 Å². The highest BCUT2D eigenvalue weighted by molar-refractivity contribution is 5.09. The lowest BCUT2D eigenvalue weighted by Crippen LogP contribution is -2.70. The molecule has 1 saturated carbocycles. The molecule has 4 N–H and O–H groups in total. The maximum Gasteiger partial charge on any atom is 0.201 e. The van der Waals surface area contributed by atoms with Crippen molar-refractivity contribution < 1.29 is 19.2 Å². The van der Waals surface area contributed by atoms with Gasteiger partial charge in [-0.05, 0) is 102 Å². The average Bonchev–Trinajstić information content (AvgIpc) is 2.99. The third-order valence-corrected chi connectivity index (χ3v) is 8.42. The summed E-state index contributed by atoms with van der Waals surface area (Å²) in [4.78, 5) is 12.1. The van der Waals surface area contributed by atoms with Crippen molar-refractivity contribution in [3.63, 3.8) is 0 Å². The van der Waals surface area contributed by atoms with Crippen LogP contribution in [0.4, 0.5) is 0 Å². The monoisotopic (exact) mass is 439 g/mol. The molecule has 1 spiro atoms. The third-order valence-electron chi connectivity index (χ3n) is 8.42. The number of ether oxygens (including phenoxy) is 2. The minimum Gasteiger partial charge on any atom is -0.346 e. The van der Waals surface area contributed by atoms with Gasteiger partial charge in [-0.2, -0.15) is 0 Å². The minimum atomic E-state index is -0.682. The highest BCUT2D eigenvalue weighted by Crippen LogP contribution is 2.60. The van der Waals surface area contributed by atoms with Crippen LogP contribution in [0.1, 0.15) is 72.1 Å². The van der Waals surface area contributed by atoms with Crippen LogP contribution in [-0.4, -0.2) is 56.5 Å². The lowest BCUT2D eigenvalue weighted by Gasteiger charge is -2.60. The van der Waals surface area contributed by atoms with Crippen molar-refractivity contribution >= 4 is 0 Å². The molecule has 2 bridgehead atoms. The van der Waals surface area contributed by atoms with Crippen LogP contribution in [0, 0.1) is 23.7 Å². The fraction of sp³-hybridized carbons (Fsp3) is 1.00. The Balaban J connectivity index is 1.27. The number of rotatable bonds is 11. The first kappa shape index (κ1) is 23.9. The Labute approximate surface area is 188 Å². The fourth-order valence-electron chi connectivity index (χ4n) is 6.54. The zero-order chi connectivity index (χ0) is 21.9. The number of nitrogens with two attached hydrogens (primary N) is 1. The zero-order valence-electron chi connectivity index (χ0n) is 19.9. The Hall–Kier alpha value is -0.280. The zero-order valence-corrected chi connectivity index (χ0v) is 19.9. The van der Waals surface area contributed by atoms with Crippen LogP contribution in [0.3, 0.4) is 0 Å². The van der Waals surface area contributed by atoms with Crippen molar-refractivity contribution in [1.29, 1.82) is 0 Å². The van der Waals surface area contributed by atoms with Gasteiger partial charge in [0.2, 0.25) is 5.79 Å². The molecule has 1 aliphatic carbocycles. The van der Waals surface area contributed by atoms with Crippen molar-refractivity contribution in [3.8, 4) is 0 Å². The van der Waals surface area contributed by atoms with Crippen LogP contribution in [-0.2, 0) is 19.2 Å². The van der Waals surface area contributed by atoms with Gasteiger partial charge < -0.3 is 25.8 Å². The summed E-state index contributed by atoms with van der Waals surface area (Å²) in [6, 6.07) is 0. The lowest BCUT2D eigenvalue weighted by molar-refractivity contribution is -0.571. The Morgan fingerprint density at radius 3 is 2.48 bits per heavy atom. The summed E-state index contributed by atoms with van der Waals surface area (Å²) in [7, 11) is 0. The molecule has 31 heavy (non-hydrogen) atoms. The van der Waals surface area contributed by atoms with Crippen LogP contribution in [0.25, 0.3) is 0 Å². The standard InChI is InChI=1S/C24H45N3O4/c1-17-7-8-20-18(2)21(10-16-27-15-6-14-26-13-5-4-12-25)28-22-24(20)19(17)9-11-23(3,29-22)30-31-24/h17-22,26-27H,4-16,25H2,1-3H3/t17-,18-,19+,20+,21-,22-,23-,24-/m1/s1. The molecule has 7 nitrogen and oxygen atoms in total. The van der Waals surface area contributed by atoms with Gasteiger partial charge in [0.15, 0.2) is 11.9 Å². The van der Waals surface area contributed by atoms with Crippen LogP contribution in [0.2, 0.25) is 0 Å². The molecule has 8 atom stereocenters. The average molecular weight is 440 g/mol. The smallest absolute Gasteiger partial charge is 0.201 e. The quantitative estimate of drug-likeness (QED) is 0.337. The van der Waals surface area contributed by atoms with E-state index in [9.17, 15) is 0 Å². The number of hydrogen-bond acceptors (Lipinski definition) is 7. The molecule has 0 amide bonds. The van der Waals surface area contributed by atoms with Crippen molar-refractivity contribution in [2.24, 2.45) is 29.4 Å². The van der Waals surface area contributed by atoms with E-state index in [1.165, 1.54) is 19.3 Å². The molecule has 0 radical (unpaired) electrons. The molecular weight excluding hydrogens is 394 g/mol. The van der Waals surface area contributed by atoms with Crippen LogP contribution in [0.5, 0.6) is 0 Å². The van der Waals surface area contributed by atoms with E-state index in [4.69, 9.17) is 25.0 Å².